The van der Waals surface area contributed by atoms with E-state index in [0.717, 1.165) is 37.0 Å². The van der Waals surface area contributed by atoms with Crippen LogP contribution in [0.4, 0.5) is 11.6 Å². The van der Waals surface area contributed by atoms with Gasteiger partial charge in [0, 0.05) is 37.2 Å². The largest absolute Gasteiger partial charge is 0.370 e. The molecule has 1 aromatic heterocycles. The molecule has 0 aromatic carbocycles. The lowest BCUT2D eigenvalue weighted by molar-refractivity contribution is 0.190. The minimum absolute atomic E-state index is 0.334. The molecule has 2 unspecified atom stereocenters. The van der Waals surface area contributed by atoms with Gasteiger partial charge in [-0.1, -0.05) is 13.8 Å². The summed E-state index contributed by atoms with van der Waals surface area (Å²) in [5.74, 6) is 3.10. The average molecular weight is 291 g/mol. The van der Waals surface area contributed by atoms with Crippen molar-refractivity contribution in [1.82, 2.24) is 14.9 Å². The first-order valence-electron chi connectivity index (χ1n) is 8.09. The maximum atomic E-state index is 4.68. The third-order valence-corrected chi connectivity index (χ3v) is 4.18. The number of hydrogen-bond acceptors (Lipinski definition) is 5. The van der Waals surface area contributed by atoms with E-state index < -0.39 is 0 Å². The van der Waals surface area contributed by atoms with E-state index in [1.807, 2.05) is 6.07 Å². The summed E-state index contributed by atoms with van der Waals surface area (Å²) in [4.78, 5) is 11.7. The van der Waals surface area contributed by atoms with Gasteiger partial charge in [0.25, 0.3) is 0 Å². The SMILES string of the molecule is CCNc1cc(NC2CCN(C)C(C)C2)nc(C(C)C)n1. The third-order valence-electron chi connectivity index (χ3n) is 4.18. The van der Waals surface area contributed by atoms with Gasteiger partial charge in [-0.3, -0.25) is 0 Å². The van der Waals surface area contributed by atoms with Gasteiger partial charge in [0.1, 0.15) is 17.5 Å². The number of hydrogen-bond donors (Lipinski definition) is 2. The molecule has 0 aliphatic carbocycles. The van der Waals surface area contributed by atoms with Gasteiger partial charge in [0.15, 0.2) is 0 Å². The van der Waals surface area contributed by atoms with E-state index in [1.54, 1.807) is 0 Å². The van der Waals surface area contributed by atoms with Gasteiger partial charge in [-0.15, -0.1) is 0 Å². The van der Waals surface area contributed by atoms with Crippen LogP contribution in [0.25, 0.3) is 0 Å². The van der Waals surface area contributed by atoms with E-state index in [0.29, 0.717) is 18.0 Å². The van der Waals surface area contributed by atoms with Gasteiger partial charge >= 0.3 is 0 Å². The normalized spacial score (nSPS) is 23.3. The summed E-state index contributed by atoms with van der Waals surface area (Å²) in [7, 11) is 2.20. The lowest BCUT2D eigenvalue weighted by Gasteiger charge is -2.35. The molecule has 0 bridgehead atoms. The summed E-state index contributed by atoms with van der Waals surface area (Å²) in [6.07, 6.45) is 2.33. The predicted octanol–water partition coefficient (Wildman–Crippen LogP) is 2.93. The van der Waals surface area contributed by atoms with Crippen molar-refractivity contribution in [1.29, 1.82) is 0 Å². The summed E-state index contributed by atoms with van der Waals surface area (Å²) in [5.41, 5.74) is 0. The second-order valence-electron chi connectivity index (χ2n) is 6.38. The Morgan fingerprint density at radius 3 is 2.67 bits per heavy atom. The van der Waals surface area contributed by atoms with Crippen LogP contribution in [0.1, 0.15) is 52.3 Å². The van der Waals surface area contributed by atoms with Crippen LogP contribution in [0.5, 0.6) is 0 Å². The molecule has 1 aromatic rings. The zero-order chi connectivity index (χ0) is 15.4. The van der Waals surface area contributed by atoms with Crippen molar-refractivity contribution in [2.24, 2.45) is 0 Å². The van der Waals surface area contributed by atoms with Gasteiger partial charge in [-0.05, 0) is 33.7 Å². The fraction of sp³-hybridized carbons (Fsp3) is 0.750. The number of piperidine rings is 1. The van der Waals surface area contributed by atoms with Crippen LogP contribution in [0.15, 0.2) is 6.07 Å². The van der Waals surface area contributed by atoms with Gasteiger partial charge in [0.05, 0.1) is 0 Å². The molecule has 0 radical (unpaired) electrons. The Hall–Kier alpha value is -1.36. The second-order valence-corrected chi connectivity index (χ2v) is 6.38. The molecule has 1 fully saturated rings. The van der Waals surface area contributed by atoms with E-state index in [1.165, 1.54) is 6.42 Å². The van der Waals surface area contributed by atoms with Crippen molar-refractivity contribution < 1.29 is 0 Å². The Labute approximate surface area is 128 Å². The Balaban J connectivity index is 2.11. The van der Waals surface area contributed by atoms with Crippen LogP contribution in [0, 0.1) is 0 Å². The molecule has 21 heavy (non-hydrogen) atoms. The molecule has 2 heterocycles. The molecular formula is C16H29N5. The van der Waals surface area contributed by atoms with Crippen molar-refractivity contribution in [3.63, 3.8) is 0 Å². The van der Waals surface area contributed by atoms with Crippen LogP contribution < -0.4 is 10.6 Å². The van der Waals surface area contributed by atoms with E-state index in [-0.39, 0.29) is 0 Å². The van der Waals surface area contributed by atoms with Crippen molar-refractivity contribution >= 4 is 11.6 Å². The smallest absolute Gasteiger partial charge is 0.135 e. The molecule has 2 rings (SSSR count). The van der Waals surface area contributed by atoms with E-state index >= 15 is 0 Å². The molecule has 0 spiro atoms. The number of aromatic nitrogens is 2. The molecule has 5 heteroatoms. The standard InChI is InChI=1S/C16H29N5/c1-6-17-14-10-15(20-16(19-14)11(2)3)18-13-7-8-21(5)12(4)9-13/h10-13H,6-9H2,1-5H3,(H2,17,18,19,20). The molecule has 1 aliphatic rings. The number of anilines is 2. The highest BCUT2D eigenvalue weighted by Gasteiger charge is 2.23. The zero-order valence-electron chi connectivity index (χ0n) is 14.0. The van der Waals surface area contributed by atoms with E-state index in [9.17, 15) is 0 Å². The maximum absolute atomic E-state index is 4.68. The number of likely N-dealkylation sites (tertiary alicyclic amines) is 1. The topological polar surface area (TPSA) is 53.1 Å². The Morgan fingerprint density at radius 2 is 2.05 bits per heavy atom. The monoisotopic (exact) mass is 291 g/mol. The summed E-state index contributed by atoms with van der Waals surface area (Å²) in [5, 5.41) is 6.91. The first-order chi connectivity index (χ1) is 9.99. The highest BCUT2D eigenvalue weighted by atomic mass is 15.2. The van der Waals surface area contributed by atoms with Gasteiger partial charge in [0.2, 0.25) is 0 Å². The van der Waals surface area contributed by atoms with Crippen LogP contribution in [-0.2, 0) is 0 Å². The molecule has 1 aliphatic heterocycles. The Bertz CT molecular complexity index is 460. The highest BCUT2D eigenvalue weighted by Crippen LogP contribution is 2.22. The average Bonchev–Trinajstić information content (AvgIpc) is 2.43. The summed E-state index contributed by atoms with van der Waals surface area (Å²) >= 11 is 0. The first kappa shape index (κ1) is 16.0. The summed E-state index contributed by atoms with van der Waals surface area (Å²) in [6.45, 7) is 10.7. The number of rotatable bonds is 5. The Morgan fingerprint density at radius 1 is 1.33 bits per heavy atom. The molecule has 2 atom stereocenters. The third kappa shape index (κ3) is 4.30. The molecular weight excluding hydrogens is 262 g/mol. The lowest BCUT2D eigenvalue weighted by Crippen LogP contribution is -2.42. The van der Waals surface area contributed by atoms with Crippen molar-refractivity contribution in [3.05, 3.63) is 11.9 Å². The van der Waals surface area contributed by atoms with Crippen LogP contribution in [-0.4, -0.2) is 47.1 Å². The van der Waals surface area contributed by atoms with Gasteiger partial charge in [-0.2, -0.15) is 0 Å². The molecule has 5 nitrogen and oxygen atoms in total. The molecule has 0 amide bonds. The molecule has 118 valence electrons. The van der Waals surface area contributed by atoms with Crippen LogP contribution in [0.3, 0.4) is 0 Å². The zero-order valence-corrected chi connectivity index (χ0v) is 14.0. The van der Waals surface area contributed by atoms with Crippen molar-refractivity contribution in [2.75, 3.05) is 30.8 Å². The molecule has 0 saturated carbocycles. The second kappa shape index (κ2) is 7.07. The first-order valence-corrected chi connectivity index (χ1v) is 8.09. The van der Waals surface area contributed by atoms with Crippen molar-refractivity contribution in [3.8, 4) is 0 Å². The quantitative estimate of drug-likeness (QED) is 0.873. The van der Waals surface area contributed by atoms with E-state index in [2.05, 4.69) is 60.2 Å². The fourth-order valence-electron chi connectivity index (χ4n) is 2.70. The van der Waals surface area contributed by atoms with Crippen molar-refractivity contribution in [2.45, 2.75) is 58.5 Å². The minimum atomic E-state index is 0.334. The minimum Gasteiger partial charge on any atom is -0.370 e. The predicted molar refractivity (Wildman–Crippen MR) is 89.0 cm³/mol. The van der Waals surface area contributed by atoms with Crippen LogP contribution in [0.2, 0.25) is 0 Å². The van der Waals surface area contributed by atoms with E-state index in [4.69, 9.17) is 0 Å². The molecule has 2 N–H and O–H groups in total. The highest BCUT2D eigenvalue weighted by molar-refractivity contribution is 5.48. The fourth-order valence-corrected chi connectivity index (χ4v) is 2.70. The summed E-state index contributed by atoms with van der Waals surface area (Å²) < 4.78 is 0. The van der Waals surface area contributed by atoms with Gasteiger partial charge in [-0.25, -0.2) is 9.97 Å². The Kier molecular flexibility index (Phi) is 5.39. The number of nitrogens with one attached hydrogen (secondary N) is 2. The van der Waals surface area contributed by atoms with Crippen LogP contribution >= 0.6 is 0 Å². The maximum Gasteiger partial charge on any atom is 0.135 e. The van der Waals surface area contributed by atoms with Gasteiger partial charge < -0.3 is 15.5 Å². The summed E-state index contributed by atoms with van der Waals surface area (Å²) in [6, 6.07) is 3.15. The number of nitrogens with zero attached hydrogens (tertiary/aromatic N) is 3. The lowest BCUT2D eigenvalue weighted by atomic mass is 9.99. The molecule has 1 saturated heterocycles.